The molecule has 0 heterocycles. The second-order valence-corrected chi connectivity index (χ2v) is 6.99. The third-order valence-electron chi connectivity index (χ3n) is 4.66. The van der Waals surface area contributed by atoms with E-state index in [1.54, 1.807) is 0 Å². The van der Waals surface area contributed by atoms with Gasteiger partial charge in [0.2, 0.25) is 0 Å². The number of ether oxygens (including phenoxy) is 1. The molecule has 1 aromatic rings. The van der Waals surface area contributed by atoms with Crippen LogP contribution in [0.2, 0.25) is 0 Å². The first-order chi connectivity index (χ1) is 9.44. The van der Waals surface area contributed by atoms with Crippen LogP contribution in [0.4, 0.5) is 0 Å². The van der Waals surface area contributed by atoms with Crippen molar-refractivity contribution in [2.75, 3.05) is 7.05 Å². The quantitative estimate of drug-likeness (QED) is 0.850. The zero-order valence-corrected chi connectivity index (χ0v) is 13.6. The molecule has 2 nitrogen and oxygen atoms in total. The van der Waals surface area contributed by atoms with Gasteiger partial charge in [0.05, 0.1) is 6.10 Å². The highest BCUT2D eigenvalue weighted by molar-refractivity contribution is 5.30. The summed E-state index contributed by atoms with van der Waals surface area (Å²) in [5.41, 5.74) is 1.81. The smallest absolute Gasteiger partial charge is 0.119 e. The van der Waals surface area contributed by atoms with E-state index in [4.69, 9.17) is 4.74 Å². The van der Waals surface area contributed by atoms with Gasteiger partial charge in [-0.15, -0.1) is 0 Å². The molecule has 2 rings (SSSR count). The fourth-order valence-electron chi connectivity index (χ4n) is 3.60. The molecule has 0 amide bonds. The summed E-state index contributed by atoms with van der Waals surface area (Å²) >= 11 is 0. The predicted molar refractivity (Wildman–Crippen MR) is 85.1 cm³/mol. The van der Waals surface area contributed by atoms with E-state index in [9.17, 15) is 0 Å². The summed E-state index contributed by atoms with van der Waals surface area (Å²) in [7, 11) is 2.08. The van der Waals surface area contributed by atoms with Crippen LogP contribution in [0.5, 0.6) is 5.75 Å². The van der Waals surface area contributed by atoms with Crippen molar-refractivity contribution < 1.29 is 4.74 Å². The molecule has 1 fully saturated rings. The maximum Gasteiger partial charge on any atom is 0.119 e. The van der Waals surface area contributed by atoms with Gasteiger partial charge in [-0.05, 0) is 62.8 Å². The van der Waals surface area contributed by atoms with Gasteiger partial charge in [0.25, 0.3) is 0 Å². The van der Waals surface area contributed by atoms with E-state index in [0.29, 0.717) is 17.4 Å². The van der Waals surface area contributed by atoms with Crippen molar-refractivity contribution >= 4 is 0 Å². The van der Waals surface area contributed by atoms with Crippen molar-refractivity contribution in [3.8, 4) is 5.75 Å². The molecule has 1 N–H and O–H groups in total. The van der Waals surface area contributed by atoms with Gasteiger partial charge in [-0.2, -0.15) is 0 Å². The van der Waals surface area contributed by atoms with Gasteiger partial charge in [-0.25, -0.2) is 0 Å². The Kier molecular flexibility index (Phi) is 4.74. The van der Waals surface area contributed by atoms with Crippen LogP contribution in [-0.2, 0) is 0 Å². The van der Waals surface area contributed by atoms with Crippen LogP contribution < -0.4 is 10.1 Å². The van der Waals surface area contributed by atoms with Crippen LogP contribution in [0.3, 0.4) is 0 Å². The van der Waals surface area contributed by atoms with E-state index in [0.717, 1.165) is 5.75 Å². The second kappa shape index (κ2) is 6.17. The number of nitrogens with one attached hydrogen (secondary N) is 1. The molecule has 0 aromatic heterocycles. The van der Waals surface area contributed by atoms with Crippen molar-refractivity contribution in [3.05, 3.63) is 29.8 Å². The summed E-state index contributed by atoms with van der Waals surface area (Å²) in [6.07, 6.45) is 4.24. The van der Waals surface area contributed by atoms with Gasteiger partial charge >= 0.3 is 0 Å². The molecule has 112 valence electrons. The lowest BCUT2D eigenvalue weighted by Crippen LogP contribution is -2.31. The predicted octanol–water partition coefficient (Wildman–Crippen LogP) is 4.56. The first-order valence-electron chi connectivity index (χ1n) is 7.88. The molecule has 2 unspecified atom stereocenters. The third-order valence-corrected chi connectivity index (χ3v) is 4.66. The highest BCUT2D eigenvalue weighted by atomic mass is 16.5. The summed E-state index contributed by atoms with van der Waals surface area (Å²) in [6.45, 7) is 8.94. The van der Waals surface area contributed by atoms with E-state index >= 15 is 0 Å². The minimum absolute atomic E-state index is 0.231. The monoisotopic (exact) mass is 275 g/mol. The van der Waals surface area contributed by atoms with E-state index in [1.807, 2.05) is 0 Å². The minimum Gasteiger partial charge on any atom is -0.491 e. The zero-order valence-electron chi connectivity index (χ0n) is 13.6. The number of benzene rings is 1. The van der Waals surface area contributed by atoms with Crippen LogP contribution in [0.25, 0.3) is 0 Å². The van der Waals surface area contributed by atoms with Crippen molar-refractivity contribution in [2.45, 2.75) is 59.1 Å². The molecule has 0 bridgehead atoms. The van der Waals surface area contributed by atoms with Crippen molar-refractivity contribution in [3.63, 3.8) is 0 Å². The topological polar surface area (TPSA) is 21.3 Å². The standard InChI is InChI=1S/C18H29NO/c1-13(2)20-15-10-8-14(9-11-15)17(19-5)16-7-6-12-18(16,3)4/h8-11,13,16-17,19H,6-7,12H2,1-5H3. The first-order valence-corrected chi connectivity index (χ1v) is 7.88. The highest BCUT2D eigenvalue weighted by Crippen LogP contribution is 2.48. The maximum atomic E-state index is 5.73. The van der Waals surface area contributed by atoms with Gasteiger partial charge in [-0.3, -0.25) is 0 Å². The lowest BCUT2D eigenvalue weighted by atomic mass is 9.75. The lowest BCUT2D eigenvalue weighted by Gasteiger charge is -2.34. The molecule has 1 aromatic carbocycles. The van der Waals surface area contributed by atoms with E-state index < -0.39 is 0 Å². The summed E-state index contributed by atoms with van der Waals surface area (Å²) in [5.74, 6) is 1.67. The average molecular weight is 275 g/mol. The highest BCUT2D eigenvalue weighted by Gasteiger charge is 2.39. The van der Waals surface area contributed by atoms with Gasteiger partial charge in [0, 0.05) is 6.04 Å². The van der Waals surface area contributed by atoms with Crippen molar-refractivity contribution in [2.24, 2.45) is 11.3 Å². The molecular formula is C18H29NO. The summed E-state index contributed by atoms with van der Waals surface area (Å²) < 4.78 is 5.73. The average Bonchev–Trinajstić information content (AvgIpc) is 2.72. The molecule has 0 saturated heterocycles. The van der Waals surface area contributed by atoms with E-state index in [-0.39, 0.29) is 6.10 Å². The first kappa shape index (κ1) is 15.4. The zero-order chi connectivity index (χ0) is 14.8. The second-order valence-electron chi connectivity index (χ2n) is 6.99. The van der Waals surface area contributed by atoms with E-state index in [1.165, 1.54) is 24.8 Å². The van der Waals surface area contributed by atoms with E-state index in [2.05, 4.69) is 64.3 Å². The van der Waals surface area contributed by atoms with Crippen LogP contribution in [0.15, 0.2) is 24.3 Å². The van der Waals surface area contributed by atoms with Crippen LogP contribution in [0.1, 0.15) is 58.6 Å². The molecule has 1 aliphatic carbocycles. The molecule has 0 spiro atoms. The molecule has 2 heteroatoms. The molecule has 0 radical (unpaired) electrons. The molecule has 1 aliphatic rings. The van der Waals surface area contributed by atoms with Crippen LogP contribution >= 0.6 is 0 Å². The SMILES string of the molecule is CNC(c1ccc(OC(C)C)cc1)C1CCCC1(C)C. The Balaban J connectivity index is 2.15. The summed E-state index contributed by atoms with van der Waals surface area (Å²) in [4.78, 5) is 0. The Hall–Kier alpha value is -1.02. The number of hydrogen-bond acceptors (Lipinski definition) is 2. The summed E-state index contributed by atoms with van der Waals surface area (Å²) in [6, 6.07) is 9.07. The number of rotatable bonds is 5. The Labute approximate surface area is 123 Å². The minimum atomic E-state index is 0.231. The summed E-state index contributed by atoms with van der Waals surface area (Å²) in [5, 5.41) is 3.54. The van der Waals surface area contributed by atoms with Crippen LogP contribution in [-0.4, -0.2) is 13.2 Å². The molecular weight excluding hydrogens is 246 g/mol. The molecule has 0 aliphatic heterocycles. The fourth-order valence-corrected chi connectivity index (χ4v) is 3.60. The largest absolute Gasteiger partial charge is 0.491 e. The Morgan fingerprint density at radius 3 is 2.30 bits per heavy atom. The van der Waals surface area contributed by atoms with Crippen molar-refractivity contribution in [1.82, 2.24) is 5.32 Å². The van der Waals surface area contributed by atoms with Gasteiger partial charge in [-0.1, -0.05) is 32.4 Å². The van der Waals surface area contributed by atoms with Crippen LogP contribution in [0, 0.1) is 11.3 Å². The lowest BCUT2D eigenvalue weighted by molar-refractivity contribution is 0.203. The van der Waals surface area contributed by atoms with Gasteiger partial charge in [0.1, 0.15) is 5.75 Å². The Morgan fingerprint density at radius 1 is 1.20 bits per heavy atom. The Morgan fingerprint density at radius 2 is 1.85 bits per heavy atom. The van der Waals surface area contributed by atoms with Gasteiger partial charge in [0.15, 0.2) is 0 Å². The normalized spacial score (nSPS) is 23.0. The third kappa shape index (κ3) is 3.35. The maximum absolute atomic E-state index is 5.73. The fraction of sp³-hybridized carbons (Fsp3) is 0.667. The van der Waals surface area contributed by atoms with Gasteiger partial charge < -0.3 is 10.1 Å². The Bertz CT molecular complexity index is 422. The number of hydrogen-bond donors (Lipinski definition) is 1. The molecule has 1 saturated carbocycles. The molecule has 2 atom stereocenters. The molecule has 20 heavy (non-hydrogen) atoms. The van der Waals surface area contributed by atoms with Crippen molar-refractivity contribution in [1.29, 1.82) is 0 Å².